The first-order valence-corrected chi connectivity index (χ1v) is 9.52. The minimum atomic E-state index is -0.176. The molecule has 0 aliphatic carbocycles. The molecule has 2 aromatic rings. The van der Waals surface area contributed by atoms with Crippen LogP contribution in [0.5, 0.6) is 0 Å². The summed E-state index contributed by atoms with van der Waals surface area (Å²) in [4.78, 5) is 28.6. The van der Waals surface area contributed by atoms with E-state index in [1.807, 2.05) is 41.2 Å². The Morgan fingerprint density at radius 2 is 2.08 bits per heavy atom. The number of carbonyl (C=O) groups is 2. The van der Waals surface area contributed by atoms with Crippen LogP contribution in [0.25, 0.3) is 0 Å². The molecule has 136 valence electrons. The van der Waals surface area contributed by atoms with Crippen molar-refractivity contribution in [1.29, 1.82) is 0 Å². The van der Waals surface area contributed by atoms with Gasteiger partial charge in [0, 0.05) is 55.4 Å². The summed E-state index contributed by atoms with van der Waals surface area (Å²) in [6, 6.07) is 7.95. The van der Waals surface area contributed by atoms with E-state index in [0.29, 0.717) is 13.1 Å². The molecule has 7 heteroatoms. The normalized spacial score (nSPS) is 21.5. The van der Waals surface area contributed by atoms with E-state index in [-0.39, 0.29) is 23.7 Å². The standard InChI is InChI=1S/C19H21BrN4O2/c1-13(25)23-8-6-19(11-23)12-24(17-4-3-14(20)9-16(17)19)18(26)10-15-5-7-22(2)21-15/h3-5,7,9H,6,8,10-12H2,1-2H3. The first kappa shape index (κ1) is 17.3. The fraction of sp³-hybridized carbons (Fsp3) is 0.421. The van der Waals surface area contributed by atoms with Crippen LogP contribution in [0.1, 0.15) is 24.6 Å². The molecule has 1 aromatic carbocycles. The van der Waals surface area contributed by atoms with Crippen LogP contribution in [0.3, 0.4) is 0 Å². The molecule has 2 aliphatic rings. The number of aryl methyl sites for hydroxylation is 1. The fourth-order valence-electron chi connectivity index (χ4n) is 4.16. The number of rotatable bonds is 2. The van der Waals surface area contributed by atoms with E-state index in [9.17, 15) is 9.59 Å². The summed E-state index contributed by atoms with van der Waals surface area (Å²) in [7, 11) is 1.85. The Bertz CT molecular complexity index is 893. The molecule has 3 heterocycles. The minimum Gasteiger partial charge on any atom is -0.342 e. The van der Waals surface area contributed by atoms with Gasteiger partial charge in [-0.15, -0.1) is 0 Å². The van der Waals surface area contributed by atoms with Crippen LogP contribution in [0.2, 0.25) is 0 Å². The predicted molar refractivity (Wildman–Crippen MR) is 102 cm³/mol. The van der Waals surface area contributed by atoms with Crippen molar-refractivity contribution >= 4 is 33.4 Å². The second kappa shape index (κ2) is 6.23. The van der Waals surface area contributed by atoms with Gasteiger partial charge in [0.2, 0.25) is 11.8 Å². The van der Waals surface area contributed by atoms with Gasteiger partial charge in [0.15, 0.2) is 0 Å². The quantitative estimate of drug-likeness (QED) is 0.754. The molecule has 0 bridgehead atoms. The smallest absolute Gasteiger partial charge is 0.233 e. The topological polar surface area (TPSA) is 58.4 Å². The monoisotopic (exact) mass is 416 g/mol. The summed E-state index contributed by atoms with van der Waals surface area (Å²) in [5, 5.41) is 4.33. The molecule has 4 rings (SSSR count). The van der Waals surface area contributed by atoms with Gasteiger partial charge in [0.25, 0.3) is 0 Å². The SMILES string of the molecule is CC(=O)N1CCC2(C1)CN(C(=O)Cc1ccn(C)n1)c1ccc(Br)cc12. The molecule has 6 nitrogen and oxygen atoms in total. The molecule has 1 fully saturated rings. The van der Waals surface area contributed by atoms with Crippen LogP contribution in [-0.4, -0.2) is 46.1 Å². The molecule has 0 radical (unpaired) electrons. The van der Waals surface area contributed by atoms with Crippen molar-refractivity contribution in [3.8, 4) is 0 Å². The van der Waals surface area contributed by atoms with Gasteiger partial charge in [-0.25, -0.2) is 0 Å². The molecule has 1 unspecified atom stereocenters. The van der Waals surface area contributed by atoms with Gasteiger partial charge in [0.05, 0.1) is 12.1 Å². The molecular formula is C19H21BrN4O2. The number of nitrogens with zero attached hydrogens (tertiary/aromatic N) is 4. The number of hydrogen-bond acceptors (Lipinski definition) is 3. The van der Waals surface area contributed by atoms with E-state index >= 15 is 0 Å². The van der Waals surface area contributed by atoms with Crippen molar-refractivity contribution in [2.75, 3.05) is 24.5 Å². The molecule has 0 saturated carbocycles. The zero-order valence-electron chi connectivity index (χ0n) is 14.9. The number of anilines is 1. The van der Waals surface area contributed by atoms with Crippen LogP contribution < -0.4 is 4.90 Å². The lowest BCUT2D eigenvalue weighted by atomic mass is 9.81. The van der Waals surface area contributed by atoms with Gasteiger partial charge >= 0.3 is 0 Å². The van der Waals surface area contributed by atoms with Gasteiger partial charge in [-0.05, 0) is 36.2 Å². The summed E-state index contributed by atoms with van der Waals surface area (Å²) in [5.41, 5.74) is 2.71. The zero-order chi connectivity index (χ0) is 18.5. The predicted octanol–water partition coefficient (Wildman–Crippen LogP) is 2.26. The molecule has 1 aromatic heterocycles. The highest BCUT2D eigenvalue weighted by Gasteiger charge is 2.49. The van der Waals surface area contributed by atoms with Crippen molar-refractivity contribution < 1.29 is 9.59 Å². The number of fused-ring (bicyclic) bond motifs is 2. The van der Waals surface area contributed by atoms with Crippen LogP contribution in [-0.2, 0) is 28.5 Å². The Morgan fingerprint density at radius 3 is 2.73 bits per heavy atom. The summed E-state index contributed by atoms with van der Waals surface area (Å²) >= 11 is 3.56. The number of hydrogen-bond donors (Lipinski definition) is 0. The maximum Gasteiger partial charge on any atom is 0.233 e. The Kier molecular flexibility index (Phi) is 4.14. The van der Waals surface area contributed by atoms with Crippen molar-refractivity contribution in [3.63, 3.8) is 0 Å². The van der Waals surface area contributed by atoms with E-state index in [0.717, 1.165) is 34.4 Å². The van der Waals surface area contributed by atoms with Crippen LogP contribution in [0.4, 0.5) is 5.69 Å². The van der Waals surface area contributed by atoms with Gasteiger partial charge < -0.3 is 9.80 Å². The third kappa shape index (κ3) is 2.84. The van der Waals surface area contributed by atoms with Crippen molar-refractivity contribution in [2.24, 2.45) is 7.05 Å². The average molecular weight is 417 g/mol. The van der Waals surface area contributed by atoms with Crippen molar-refractivity contribution in [2.45, 2.75) is 25.2 Å². The highest BCUT2D eigenvalue weighted by atomic mass is 79.9. The molecule has 1 spiro atoms. The molecule has 2 aliphatic heterocycles. The average Bonchev–Trinajstić information content (AvgIpc) is 3.27. The molecule has 1 atom stereocenters. The highest BCUT2D eigenvalue weighted by Crippen LogP contribution is 2.47. The van der Waals surface area contributed by atoms with E-state index in [1.165, 1.54) is 0 Å². The summed E-state index contributed by atoms with van der Waals surface area (Å²) < 4.78 is 2.71. The summed E-state index contributed by atoms with van der Waals surface area (Å²) in [6.07, 6.45) is 3.01. The lowest BCUT2D eigenvalue weighted by Crippen LogP contribution is -2.40. The molecule has 26 heavy (non-hydrogen) atoms. The Labute approximate surface area is 160 Å². The van der Waals surface area contributed by atoms with Gasteiger partial charge in [0.1, 0.15) is 0 Å². The van der Waals surface area contributed by atoms with Crippen LogP contribution >= 0.6 is 15.9 Å². The first-order valence-electron chi connectivity index (χ1n) is 8.72. The largest absolute Gasteiger partial charge is 0.342 e. The number of aromatic nitrogens is 2. The molecular weight excluding hydrogens is 396 g/mol. The van der Waals surface area contributed by atoms with E-state index in [4.69, 9.17) is 0 Å². The summed E-state index contributed by atoms with van der Waals surface area (Å²) in [6.45, 7) is 3.64. The maximum absolute atomic E-state index is 13.0. The third-order valence-electron chi connectivity index (χ3n) is 5.48. The summed E-state index contributed by atoms with van der Waals surface area (Å²) in [5.74, 6) is 0.141. The second-order valence-corrected chi connectivity index (χ2v) is 8.19. The highest BCUT2D eigenvalue weighted by molar-refractivity contribution is 9.10. The van der Waals surface area contributed by atoms with Crippen LogP contribution in [0.15, 0.2) is 34.9 Å². The number of carbonyl (C=O) groups excluding carboxylic acids is 2. The number of amides is 2. The Hall–Kier alpha value is -2.15. The van der Waals surface area contributed by atoms with Crippen molar-refractivity contribution in [1.82, 2.24) is 14.7 Å². The Balaban J connectivity index is 1.66. The minimum absolute atomic E-state index is 0.0467. The van der Waals surface area contributed by atoms with Crippen LogP contribution in [0, 0.1) is 0 Å². The second-order valence-electron chi connectivity index (χ2n) is 7.27. The van der Waals surface area contributed by atoms with E-state index < -0.39 is 0 Å². The zero-order valence-corrected chi connectivity index (χ0v) is 16.5. The van der Waals surface area contributed by atoms with Gasteiger partial charge in [-0.2, -0.15) is 5.10 Å². The number of benzene rings is 1. The molecule has 2 amide bonds. The fourth-order valence-corrected chi connectivity index (χ4v) is 4.52. The van der Waals surface area contributed by atoms with Gasteiger partial charge in [-0.3, -0.25) is 14.3 Å². The van der Waals surface area contributed by atoms with Crippen molar-refractivity contribution in [3.05, 3.63) is 46.2 Å². The lowest BCUT2D eigenvalue weighted by Gasteiger charge is -2.25. The maximum atomic E-state index is 13.0. The number of halogens is 1. The number of likely N-dealkylation sites (tertiary alicyclic amines) is 1. The van der Waals surface area contributed by atoms with E-state index in [1.54, 1.807) is 11.6 Å². The molecule has 1 saturated heterocycles. The first-order chi connectivity index (χ1) is 12.4. The van der Waals surface area contributed by atoms with Gasteiger partial charge in [-0.1, -0.05) is 15.9 Å². The Morgan fingerprint density at radius 1 is 1.27 bits per heavy atom. The lowest BCUT2D eigenvalue weighted by molar-refractivity contribution is -0.127. The third-order valence-corrected chi connectivity index (χ3v) is 5.98. The van der Waals surface area contributed by atoms with E-state index in [2.05, 4.69) is 27.1 Å². The molecule has 0 N–H and O–H groups in total.